The molecular formula is C23H30ClFN2O4. The molecule has 0 spiro atoms. The number of carbonyl (C=O) groups is 1. The Hall–Kier alpha value is -2.51. The molecule has 1 atom stereocenters. The lowest BCUT2D eigenvalue weighted by atomic mass is 10.1. The summed E-state index contributed by atoms with van der Waals surface area (Å²) in [6, 6.07) is 14.2. The maximum Gasteiger partial charge on any atom is 0.410 e. The highest BCUT2D eigenvalue weighted by Crippen LogP contribution is 2.19. The molecule has 1 saturated heterocycles. The van der Waals surface area contributed by atoms with E-state index in [0.29, 0.717) is 37.5 Å². The third-order valence-corrected chi connectivity index (χ3v) is 4.99. The van der Waals surface area contributed by atoms with E-state index in [1.54, 1.807) is 17.0 Å². The molecule has 1 heterocycles. The normalized spacial score (nSPS) is 15.7. The van der Waals surface area contributed by atoms with Gasteiger partial charge in [0.25, 0.3) is 0 Å². The van der Waals surface area contributed by atoms with Gasteiger partial charge in [-0.25, -0.2) is 9.18 Å². The molecule has 0 aliphatic carbocycles. The highest BCUT2D eigenvalue weighted by molar-refractivity contribution is 5.85. The molecule has 2 aromatic rings. The van der Waals surface area contributed by atoms with E-state index in [1.165, 1.54) is 6.07 Å². The summed E-state index contributed by atoms with van der Waals surface area (Å²) >= 11 is 0. The molecule has 31 heavy (non-hydrogen) atoms. The second-order valence-corrected chi connectivity index (χ2v) is 7.13. The Kier molecular flexibility index (Phi) is 10.4. The Balaban J connectivity index is 0.00000341. The van der Waals surface area contributed by atoms with Gasteiger partial charge in [-0.05, 0) is 36.8 Å². The SMILES string of the molecule is CCC1CNCCN1C(=O)OCc1cc(OCCCOc2ccccc2)ccc1F.Cl. The number of halogens is 2. The Labute approximate surface area is 189 Å². The molecule has 2 aromatic carbocycles. The first kappa shape index (κ1) is 24.8. The predicted molar refractivity (Wildman–Crippen MR) is 120 cm³/mol. The van der Waals surface area contributed by atoms with Crippen molar-refractivity contribution in [2.75, 3.05) is 32.8 Å². The zero-order valence-corrected chi connectivity index (χ0v) is 18.5. The number of rotatable bonds is 9. The minimum absolute atomic E-state index is 0. The molecule has 1 amide bonds. The van der Waals surface area contributed by atoms with Crippen LogP contribution >= 0.6 is 12.4 Å². The number of ether oxygens (including phenoxy) is 3. The van der Waals surface area contributed by atoms with Crippen LogP contribution in [0, 0.1) is 5.82 Å². The number of carbonyl (C=O) groups excluding carboxylic acids is 1. The maximum atomic E-state index is 14.1. The molecule has 1 unspecified atom stereocenters. The first-order valence-corrected chi connectivity index (χ1v) is 10.4. The average Bonchev–Trinajstić information content (AvgIpc) is 2.79. The molecule has 6 nitrogen and oxygen atoms in total. The van der Waals surface area contributed by atoms with Crippen LogP contribution in [0.3, 0.4) is 0 Å². The summed E-state index contributed by atoms with van der Waals surface area (Å²) in [6.45, 7) is 4.95. The number of nitrogens with zero attached hydrogens (tertiary/aromatic N) is 1. The average molecular weight is 453 g/mol. The minimum atomic E-state index is -0.421. The van der Waals surface area contributed by atoms with Gasteiger partial charge in [-0.2, -0.15) is 0 Å². The molecule has 0 bridgehead atoms. The van der Waals surface area contributed by atoms with Crippen LogP contribution in [0.25, 0.3) is 0 Å². The van der Waals surface area contributed by atoms with E-state index in [4.69, 9.17) is 14.2 Å². The number of hydrogen-bond donors (Lipinski definition) is 1. The van der Waals surface area contributed by atoms with Crippen molar-refractivity contribution in [2.24, 2.45) is 0 Å². The first-order chi connectivity index (χ1) is 14.7. The van der Waals surface area contributed by atoms with E-state index in [-0.39, 0.29) is 25.1 Å². The lowest BCUT2D eigenvalue weighted by molar-refractivity contribution is 0.0706. The lowest BCUT2D eigenvalue weighted by Gasteiger charge is -2.34. The van der Waals surface area contributed by atoms with Crippen LogP contribution in [0.15, 0.2) is 48.5 Å². The third kappa shape index (κ3) is 7.60. The lowest BCUT2D eigenvalue weighted by Crippen LogP contribution is -2.53. The molecular weight excluding hydrogens is 423 g/mol. The van der Waals surface area contributed by atoms with Crippen molar-refractivity contribution < 1.29 is 23.4 Å². The van der Waals surface area contributed by atoms with Crippen molar-refractivity contribution in [3.8, 4) is 11.5 Å². The molecule has 3 rings (SSSR count). The summed E-state index contributed by atoms with van der Waals surface area (Å²) in [6.07, 6.45) is 1.12. The number of nitrogens with one attached hydrogen (secondary N) is 1. The van der Waals surface area contributed by atoms with E-state index in [1.807, 2.05) is 37.3 Å². The monoisotopic (exact) mass is 452 g/mol. The smallest absolute Gasteiger partial charge is 0.410 e. The van der Waals surface area contributed by atoms with Crippen molar-refractivity contribution >= 4 is 18.5 Å². The Morgan fingerprint density at radius 1 is 1.13 bits per heavy atom. The standard InChI is InChI=1S/C23H29FN2O4.ClH/c1-2-19-16-25-11-12-26(19)23(27)30-17-18-15-21(9-10-22(18)24)29-14-6-13-28-20-7-4-3-5-8-20;/h3-5,7-10,15,19,25H,2,6,11-14,16-17H2,1H3;1H. The topological polar surface area (TPSA) is 60.0 Å². The van der Waals surface area contributed by atoms with Gasteiger partial charge < -0.3 is 24.4 Å². The summed E-state index contributed by atoms with van der Waals surface area (Å²) in [5.41, 5.74) is 0.296. The second kappa shape index (κ2) is 13.0. The zero-order valence-electron chi connectivity index (χ0n) is 17.7. The minimum Gasteiger partial charge on any atom is -0.493 e. The second-order valence-electron chi connectivity index (χ2n) is 7.13. The fraction of sp³-hybridized carbons (Fsp3) is 0.435. The molecule has 1 aliphatic heterocycles. The van der Waals surface area contributed by atoms with E-state index in [9.17, 15) is 9.18 Å². The van der Waals surface area contributed by atoms with E-state index in [2.05, 4.69) is 5.32 Å². The van der Waals surface area contributed by atoms with Crippen molar-refractivity contribution in [2.45, 2.75) is 32.4 Å². The number of para-hydroxylation sites is 1. The van der Waals surface area contributed by atoms with Crippen molar-refractivity contribution in [1.82, 2.24) is 10.2 Å². The molecule has 0 aromatic heterocycles. The van der Waals surface area contributed by atoms with Crippen LogP contribution < -0.4 is 14.8 Å². The van der Waals surface area contributed by atoms with Crippen LogP contribution in [0.2, 0.25) is 0 Å². The number of amides is 1. The van der Waals surface area contributed by atoms with Gasteiger partial charge in [0, 0.05) is 37.7 Å². The summed E-state index contributed by atoms with van der Waals surface area (Å²) in [7, 11) is 0. The Morgan fingerprint density at radius 3 is 2.61 bits per heavy atom. The number of benzene rings is 2. The molecule has 8 heteroatoms. The summed E-state index contributed by atoms with van der Waals surface area (Å²) in [5.74, 6) is 0.934. The van der Waals surface area contributed by atoms with Crippen LogP contribution in [0.1, 0.15) is 25.3 Å². The fourth-order valence-electron chi connectivity index (χ4n) is 3.30. The molecule has 1 N–H and O–H groups in total. The highest BCUT2D eigenvalue weighted by atomic mass is 35.5. The number of hydrogen-bond acceptors (Lipinski definition) is 5. The van der Waals surface area contributed by atoms with Gasteiger partial charge in [0.1, 0.15) is 23.9 Å². The fourth-order valence-corrected chi connectivity index (χ4v) is 3.30. The zero-order chi connectivity index (χ0) is 21.2. The van der Waals surface area contributed by atoms with Gasteiger partial charge in [-0.3, -0.25) is 0 Å². The summed E-state index contributed by atoms with van der Waals surface area (Å²) < 4.78 is 30.8. The van der Waals surface area contributed by atoms with Gasteiger partial charge in [0.05, 0.1) is 13.2 Å². The Bertz CT molecular complexity index is 809. The van der Waals surface area contributed by atoms with Crippen LogP contribution in [0.4, 0.5) is 9.18 Å². The van der Waals surface area contributed by atoms with Gasteiger partial charge in [0.15, 0.2) is 0 Å². The molecule has 0 saturated carbocycles. The van der Waals surface area contributed by atoms with Crippen LogP contribution in [0.5, 0.6) is 11.5 Å². The van der Waals surface area contributed by atoms with Crippen molar-refractivity contribution in [3.63, 3.8) is 0 Å². The third-order valence-electron chi connectivity index (χ3n) is 4.99. The molecule has 1 fully saturated rings. The summed E-state index contributed by atoms with van der Waals surface area (Å²) in [4.78, 5) is 14.1. The molecule has 170 valence electrons. The van der Waals surface area contributed by atoms with Gasteiger partial charge >= 0.3 is 6.09 Å². The van der Waals surface area contributed by atoms with Gasteiger partial charge in [-0.1, -0.05) is 25.1 Å². The van der Waals surface area contributed by atoms with E-state index in [0.717, 1.165) is 25.3 Å². The van der Waals surface area contributed by atoms with E-state index < -0.39 is 11.9 Å². The Morgan fingerprint density at radius 2 is 1.87 bits per heavy atom. The van der Waals surface area contributed by atoms with E-state index >= 15 is 0 Å². The van der Waals surface area contributed by atoms with Crippen molar-refractivity contribution in [3.05, 3.63) is 59.9 Å². The summed E-state index contributed by atoms with van der Waals surface area (Å²) in [5, 5.41) is 3.26. The van der Waals surface area contributed by atoms with Crippen LogP contribution in [-0.4, -0.2) is 49.9 Å². The van der Waals surface area contributed by atoms with Gasteiger partial charge in [0.2, 0.25) is 0 Å². The predicted octanol–water partition coefficient (Wildman–Crippen LogP) is 4.42. The van der Waals surface area contributed by atoms with Crippen LogP contribution in [-0.2, 0) is 11.3 Å². The maximum absolute atomic E-state index is 14.1. The first-order valence-electron chi connectivity index (χ1n) is 10.4. The van der Waals surface area contributed by atoms with Crippen molar-refractivity contribution in [1.29, 1.82) is 0 Å². The highest BCUT2D eigenvalue weighted by Gasteiger charge is 2.26. The molecule has 0 radical (unpaired) electrons. The molecule has 1 aliphatic rings. The van der Waals surface area contributed by atoms with Gasteiger partial charge in [-0.15, -0.1) is 12.4 Å². The quantitative estimate of drug-likeness (QED) is 0.571. The largest absolute Gasteiger partial charge is 0.493 e. The number of piperazine rings is 1.